The third-order valence-electron chi connectivity index (χ3n) is 5.99. The summed E-state index contributed by atoms with van der Waals surface area (Å²) in [4.78, 5) is 43.6. The van der Waals surface area contributed by atoms with Gasteiger partial charge in [-0.3, -0.25) is 23.8 Å². The first-order valence-corrected chi connectivity index (χ1v) is 11.9. The molecule has 0 unspecified atom stereocenters. The van der Waals surface area contributed by atoms with Crippen LogP contribution in [-0.4, -0.2) is 78.6 Å². The van der Waals surface area contributed by atoms with Crippen molar-refractivity contribution in [1.29, 1.82) is 0 Å². The largest absolute Gasteiger partial charge is 0.340 e. The van der Waals surface area contributed by atoms with Gasteiger partial charge in [0, 0.05) is 40.3 Å². The van der Waals surface area contributed by atoms with E-state index in [9.17, 15) is 22.8 Å². The molecule has 1 aliphatic rings. The van der Waals surface area contributed by atoms with E-state index in [0.717, 1.165) is 4.57 Å². The first-order valence-electron chi connectivity index (χ1n) is 10.4. The number of aromatic amines is 1. The normalized spacial score (nSPS) is 15.8. The number of carbonyl (C=O) groups excluding carboxylic acids is 1. The van der Waals surface area contributed by atoms with E-state index < -0.39 is 21.3 Å². The van der Waals surface area contributed by atoms with E-state index in [2.05, 4.69) is 15.2 Å². The van der Waals surface area contributed by atoms with Gasteiger partial charge in [-0.1, -0.05) is 0 Å². The number of hydrogen-bond donors (Lipinski definition) is 1. The van der Waals surface area contributed by atoms with Crippen LogP contribution in [0.25, 0.3) is 11.2 Å². The molecule has 0 atom stereocenters. The molecule has 4 rings (SSSR count). The van der Waals surface area contributed by atoms with Gasteiger partial charge in [0.05, 0.1) is 17.7 Å². The molecule has 0 spiro atoms. The highest BCUT2D eigenvalue weighted by Crippen LogP contribution is 2.23. The number of aryl methyl sites for hydroxylation is 3. The minimum atomic E-state index is -3.74. The maximum absolute atomic E-state index is 13.1. The Kier molecular flexibility index (Phi) is 5.74. The molecule has 13 nitrogen and oxygen atoms in total. The van der Waals surface area contributed by atoms with Gasteiger partial charge in [0.2, 0.25) is 15.9 Å². The molecule has 1 amide bonds. The zero-order valence-electron chi connectivity index (χ0n) is 18.9. The molecule has 1 aliphatic heterocycles. The molecule has 1 fully saturated rings. The fraction of sp³-hybridized carbons (Fsp3) is 0.526. The first-order chi connectivity index (χ1) is 15.5. The van der Waals surface area contributed by atoms with Crippen molar-refractivity contribution in [2.24, 2.45) is 14.1 Å². The lowest BCUT2D eigenvalue weighted by Gasteiger charge is -2.22. The second kappa shape index (κ2) is 8.26. The highest BCUT2D eigenvalue weighted by atomic mass is 32.2. The standard InChI is InChI=1S/C19H26N8O5S/c1-12-16(13(2)22-21-12)33(31,32)27-7-5-6-25(8-9-27)14(28)10-26-11-20-17-15(26)18(29)24(4)19(30)23(17)3/h11H,5-10H2,1-4H3,(H,21,22). The van der Waals surface area contributed by atoms with Crippen LogP contribution in [0, 0.1) is 13.8 Å². The molecule has 14 heteroatoms. The van der Waals surface area contributed by atoms with E-state index in [-0.39, 0.29) is 48.1 Å². The average molecular weight is 479 g/mol. The van der Waals surface area contributed by atoms with Gasteiger partial charge in [-0.15, -0.1) is 0 Å². The minimum Gasteiger partial charge on any atom is -0.340 e. The Morgan fingerprint density at radius 1 is 1.09 bits per heavy atom. The fourth-order valence-corrected chi connectivity index (χ4v) is 6.00. The van der Waals surface area contributed by atoms with Crippen LogP contribution in [0.1, 0.15) is 17.8 Å². The van der Waals surface area contributed by atoms with Gasteiger partial charge in [-0.05, 0) is 20.3 Å². The van der Waals surface area contributed by atoms with Gasteiger partial charge in [0.1, 0.15) is 11.4 Å². The minimum absolute atomic E-state index is 0.142. The number of rotatable bonds is 4. The number of amides is 1. The molecule has 0 saturated carbocycles. The Hall–Kier alpha value is -3.26. The molecule has 4 heterocycles. The number of aromatic nitrogens is 6. The summed E-state index contributed by atoms with van der Waals surface area (Å²) in [5.74, 6) is -0.264. The summed E-state index contributed by atoms with van der Waals surface area (Å²) in [5, 5.41) is 6.69. The molecular weight excluding hydrogens is 452 g/mol. The Morgan fingerprint density at radius 3 is 2.48 bits per heavy atom. The number of imidazole rings is 1. The maximum Gasteiger partial charge on any atom is 0.332 e. The van der Waals surface area contributed by atoms with Crippen LogP contribution in [0.2, 0.25) is 0 Å². The number of fused-ring (bicyclic) bond motifs is 1. The molecule has 1 saturated heterocycles. The molecule has 33 heavy (non-hydrogen) atoms. The number of H-pyrrole nitrogens is 1. The second-order valence-corrected chi connectivity index (χ2v) is 10.0. The molecule has 3 aromatic rings. The molecular formula is C19H26N8O5S. The van der Waals surface area contributed by atoms with Gasteiger partial charge in [-0.25, -0.2) is 18.2 Å². The number of carbonyl (C=O) groups is 1. The summed E-state index contributed by atoms with van der Waals surface area (Å²) < 4.78 is 31.3. The lowest BCUT2D eigenvalue weighted by molar-refractivity contribution is -0.131. The molecule has 178 valence electrons. The maximum atomic E-state index is 13.1. The van der Waals surface area contributed by atoms with Crippen LogP contribution >= 0.6 is 0 Å². The summed E-state index contributed by atoms with van der Waals surface area (Å²) in [6, 6.07) is 0. The number of nitrogens with zero attached hydrogens (tertiary/aromatic N) is 7. The predicted molar refractivity (Wildman–Crippen MR) is 118 cm³/mol. The van der Waals surface area contributed by atoms with Crippen molar-refractivity contribution in [3.05, 3.63) is 38.6 Å². The lowest BCUT2D eigenvalue weighted by atomic mass is 10.3. The monoisotopic (exact) mass is 478 g/mol. The van der Waals surface area contributed by atoms with E-state index in [1.165, 1.54) is 33.9 Å². The van der Waals surface area contributed by atoms with Crippen molar-refractivity contribution >= 4 is 27.1 Å². The molecule has 3 aromatic heterocycles. The zero-order valence-corrected chi connectivity index (χ0v) is 19.7. The smallest absolute Gasteiger partial charge is 0.332 e. The molecule has 0 radical (unpaired) electrons. The van der Waals surface area contributed by atoms with Gasteiger partial charge >= 0.3 is 5.69 Å². The van der Waals surface area contributed by atoms with Crippen molar-refractivity contribution in [3.63, 3.8) is 0 Å². The second-order valence-electron chi connectivity index (χ2n) is 8.15. The van der Waals surface area contributed by atoms with Crippen LogP contribution in [0.4, 0.5) is 0 Å². The van der Waals surface area contributed by atoms with E-state index in [4.69, 9.17) is 0 Å². The molecule has 1 N–H and O–H groups in total. The van der Waals surface area contributed by atoms with Crippen molar-refractivity contribution in [3.8, 4) is 0 Å². The summed E-state index contributed by atoms with van der Waals surface area (Å²) in [6.45, 7) is 4.20. The van der Waals surface area contributed by atoms with Gasteiger partial charge in [0.25, 0.3) is 5.56 Å². The molecule has 0 bridgehead atoms. The van der Waals surface area contributed by atoms with Crippen molar-refractivity contribution in [2.75, 3.05) is 26.2 Å². The Morgan fingerprint density at radius 2 is 1.82 bits per heavy atom. The summed E-state index contributed by atoms with van der Waals surface area (Å²) >= 11 is 0. The van der Waals surface area contributed by atoms with Crippen LogP contribution in [-0.2, 0) is 35.5 Å². The Labute approximate surface area is 189 Å². The molecule has 0 aromatic carbocycles. The van der Waals surface area contributed by atoms with Gasteiger partial charge in [0.15, 0.2) is 11.2 Å². The van der Waals surface area contributed by atoms with Crippen molar-refractivity contribution in [2.45, 2.75) is 31.7 Å². The first kappa shape index (κ1) is 22.9. The summed E-state index contributed by atoms with van der Waals surface area (Å²) in [6.07, 6.45) is 1.84. The lowest BCUT2D eigenvalue weighted by Crippen LogP contribution is -2.40. The third-order valence-corrected chi connectivity index (χ3v) is 8.15. The van der Waals surface area contributed by atoms with Crippen molar-refractivity contribution in [1.82, 2.24) is 38.1 Å². The highest BCUT2D eigenvalue weighted by Gasteiger charge is 2.32. The number of sulfonamides is 1. The summed E-state index contributed by atoms with van der Waals surface area (Å²) in [5.41, 5.74) is 0.228. The predicted octanol–water partition coefficient (Wildman–Crippen LogP) is -1.30. The Bertz CT molecular complexity index is 1440. The van der Waals surface area contributed by atoms with Crippen molar-refractivity contribution < 1.29 is 13.2 Å². The van der Waals surface area contributed by atoms with Gasteiger partial charge in [-0.2, -0.15) is 9.40 Å². The fourth-order valence-electron chi connectivity index (χ4n) is 4.20. The van der Waals surface area contributed by atoms with E-state index in [1.807, 2.05) is 0 Å². The Balaban J connectivity index is 1.54. The SMILES string of the molecule is Cc1n[nH]c(C)c1S(=O)(=O)N1CCCN(C(=O)Cn2cnc3c2c(=O)n(C)c(=O)n3C)CC1. The molecule has 0 aliphatic carbocycles. The quantitative estimate of drug-likeness (QED) is 0.490. The van der Waals surface area contributed by atoms with E-state index >= 15 is 0 Å². The topological polar surface area (TPSA) is 148 Å². The average Bonchev–Trinajstić information content (AvgIpc) is 3.22. The van der Waals surface area contributed by atoms with Crippen LogP contribution < -0.4 is 11.2 Å². The van der Waals surface area contributed by atoms with Crippen LogP contribution in [0.15, 0.2) is 20.8 Å². The van der Waals surface area contributed by atoms with Gasteiger partial charge < -0.3 is 9.47 Å². The van der Waals surface area contributed by atoms with Crippen LogP contribution in [0.3, 0.4) is 0 Å². The van der Waals surface area contributed by atoms with Crippen LogP contribution in [0.5, 0.6) is 0 Å². The third kappa shape index (κ3) is 3.78. The van der Waals surface area contributed by atoms with E-state index in [0.29, 0.717) is 24.4 Å². The highest BCUT2D eigenvalue weighted by molar-refractivity contribution is 7.89. The number of nitrogens with one attached hydrogen (secondary N) is 1. The summed E-state index contributed by atoms with van der Waals surface area (Å²) in [7, 11) is -0.858. The van der Waals surface area contributed by atoms with E-state index in [1.54, 1.807) is 18.7 Å². The number of hydrogen-bond acceptors (Lipinski definition) is 7. The zero-order chi connectivity index (χ0) is 24.1.